The highest BCUT2D eigenvalue weighted by molar-refractivity contribution is 5.92. The average Bonchev–Trinajstić information content (AvgIpc) is 2.95. The van der Waals surface area contributed by atoms with Gasteiger partial charge < -0.3 is 14.6 Å². The molecule has 1 aliphatic heterocycles. The predicted octanol–water partition coefficient (Wildman–Crippen LogP) is 2.04. The molecule has 7 nitrogen and oxygen atoms in total. The van der Waals surface area contributed by atoms with Crippen LogP contribution in [0.2, 0.25) is 0 Å². The zero-order valence-corrected chi connectivity index (χ0v) is 12.4. The molecule has 1 unspecified atom stereocenters. The summed E-state index contributed by atoms with van der Waals surface area (Å²) in [6.07, 6.45) is 2.19. The Hall–Kier alpha value is -1.89. The number of hydrogen-bond donors (Lipinski definition) is 1. The van der Waals surface area contributed by atoms with Crippen LogP contribution < -0.4 is 5.32 Å². The largest absolute Gasteiger partial charge is 0.433 e. The van der Waals surface area contributed by atoms with Crippen LogP contribution in [0.1, 0.15) is 37.2 Å². The minimum atomic E-state index is -0.637. The Kier molecular flexibility index (Phi) is 4.95. The van der Waals surface area contributed by atoms with Gasteiger partial charge in [0.1, 0.15) is 4.92 Å². The molecule has 1 fully saturated rings. The lowest BCUT2D eigenvalue weighted by Crippen LogP contribution is -2.44. The topological polar surface area (TPSA) is 88.6 Å². The summed E-state index contributed by atoms with van der Waals surface area (Å²) in [6, 6.07) is 2.60. The predicted molar refractivity (Wildman–Crippen MR) is 77.1 cm³/mol. The standard InChI is InChI=1S/C14H21N3O4/c1-10(2)16(9-11-4-3-7-15-8-11)14(18)12-5-6-13(21-12)17(19)20/h5-6,10-11,15H,3-4,7-9H2,1-2H3. The van der Waals surface area contributed by atoms with Crippen molar-refractivity contribution in [1.29, 1.82) is 0 Å². The third kappa shape index (κ3) is 3.81. The van der Waals surface area contributed by atoms with Crippen molar-refractivity contribution in [3.8, 4) is 0 Å². The molecular weight excluding hydrogens is 274 g/mol. The first-order valence-corrected chi connectivity index (χ1v) is 7.25. The van der Waals surface area contributed by atoms with Crippen LogP contribution in [0.15, 0.2) is 16.5 Å². The Bertz CT molecular complexity index is 506. The number of amides is 1. The van der Waals surface area contributed by atoms with Crippen LogP contribution in [-0.2, 0) is 0 Å². The van der Waals surface area contributed by atoms with Gasteiger partial charge in [-0.05, 0) is 51.8 Å². The molecule has 1 atom stereocenters. The summed E-state index contributed by atoms with van der Waals surface area (Å²) in [5.41, 5.74) is 0. The minimum absolute atomic E-state index is 0.0172. The van der Waals surface area contributed by atoms with Gasteiger partial charge in [0.05, 0.1) is 6.07 Å². The monoisotopic (exact) mass is 295 g/mol. The number of furan rings is 1. The molecule has 0 aromatic carbocycles. The zero-order valence-electron chi connectivity index (χ0n) is 12.4. The fraction of sp³-hybridized carbons (Fsp3) is 0.643. The Morgan fingerprint density at radius 1 is 1.57 bits per heavy atom. The quantitative estimate of drug-likeness (QED) is 0.663. The molecular formula is C14H21N3O4. The van der Waals surface area contributed by atoms with Crippen LogP contribution in [0.25, 0.3) is 0 Å². The van der Waals surface area contributed by atoms with Crippen molar-refractivity contribution < 1.29 is 14.1 Å². The first kappa shape index (κ1) is 15.5. The van der Waals surface area contributed by atoms with Gasteiger partial charge in [0.25, 0.3) is 5.91 Å². The van der Waals surface area contributed by atoms with Crippen molar-refractivity contribution in [1.82, 2.24) is 10.2 Å². The summed E-state index contributed by atoms with van der Waals surface area (Å²) in [5.74, 6) is -0.251. The van der Waals surface area contributed by atoms with Crippen molar-refractivity contribution in [2.45, 2.75) is 32.7 Å². The Morgan fingerprint density at radius 2 is 2.33 bits per heavy atom. The van der Waals surface area contributed by atoms with Crippen LogP contribution in [-0.4, -0.2) is 41.4 Å². The number of hydrogen-bond acceptors (Lipinski definition) is 5. The highest BCUT2D eigenvalue weighted by Crippen LogP contribution is 2.20. The molecule has 2 heterocycles. The summed E-state index contributed by atoms with van der Waals surface area (Å²) in [4.78, 5) is 24.2. The molecule has 7 heteroatoms. The molecule has 1 aromatic heterocycles. The summed E-state index contributed by atoms with van der Waals surface area (Å²) in [5, 5.41) is 14.0. The van der Waals surface area contributed by atoms with Crippen LogP contribution >= 0.6 is 0 Å². The second kappa shape index (κ2) is 6.71. The van der Waals surface area contributed by atoms with Gasteiger partial charge in [0.15, 0.2) is 5.76 Å². The van der Waals surface area contributed by atoms with Crippen molar-refractivity contribution in [2.75, 3.05) is 19.6 Å². The smallest absolute Gasteiger partial charge is 0.395 e. The van der Waals surface area contributed by atoms with E-state index in [-0.39, 0.29) is 17.7 Å². The first-order valence-electron chi connectivity index (χ1n) is 7.25. The minimum Gasteiger partial charge on any atom is -0.395 e. The van der Waals surface area contributed by atoms with Gasteiger partial charge in [-0.1, -0.05) is 0 Å². The maximum atomic E-state index is 12.5. The van der Waals surface area contributed by atoms with E-state index >= 15 is 0 Å². The van der Waals surface area contributed by atoms with E-state index in [9.17, 15) is 14.9 Å². The maximum absolute atomic E-state index is 12.5. The number of piperidine rings is 1. The van der Waals surface area contributed by atoms with Crippen LogP contribution in [0, 0.1) is 16.0 Å². The number of carbonyl (C=O) groups is 1. The molecule has 1 aliphatic rings. The molecule has 1 aromatic rings. The van der Waals surface area contributed by atoms with Gasteiger partial charge in [0.2, 0.25) is 0 Å². The second-order valence-electron chi connectivity index (χ2n) is 5.66. The third-order valence-corrected chi connectivity index (χ3v) is 3.72. The number of carbonyl (C=O) groups excluding carboxylic acids is 1. The highest BCUT2D eigenvalue weighted by Gasteiger charge is 2.27. The van der Waals surface area contributed by atoms with Gasteiger partial charge in [-0.3, -0.25) is 14.9 Å². The lowest BCUT2D eigenvalue weighted by Gasteiger charge is -2.32. The maximum Gasteiger partial charge on any atom is 0.433 e. The molecule has 21 heavy (non-hydrogen) atoms. The fourth-order valence-electron chi connectivity index (χ4n) is 2.57. The van der Waals surface area contributed by atoms with E-state index in [1.165, 1.54) is 12.1 Å². The lowest BCUT2D eigenvalue weighted by molar-refractivity contribution is -0.402. The van der Waals surface area contributed by atoms with Gasteiger partial charge in [-0.15, -0.1) is 0 Å². The molecule has 2 rings (SSSR count). The first-order chi connectivity index (χ1) is 9.99. The average molecular weight is 295 g/mol. The van der Waals surface area contributed by atoms with E-state index in [0.29, 0.717) is 12.5 Å². The third-order valence-electron chi connectivity index (χ3n) is 3.72. The Balaban J connectivity index is 2.08. The normalized spacial score (nSPS) is 18.7. The Labute approximate surface area is 123 Å². The highest BCUT2D eigenvalue weighted by atomic mass is 16.6. The second-order valence-corrected chi connectivity index (χ2v) is 5.66. The van der Waals surface area contributed by atoms with Crippen LogP contribution in [0.4, 0.5) is 5.88 Å². The van der Waals surface area contributed by atoms with Crippen LogP contribution in [0.3, 0.4) is 0 Å². The van der Waals surface area contributed by atoms with E-state index in [0.717, 1.165) is 25.9 Å². The summed E-state index contributed by atoms with van der Waals surface area (Å²) < 4.78 is 5.02. The number of nitrogens with one attached hydrogen (secondary N) is 1. The molecule has 1 N–H and O–H groups in total. The number of nitrogens with zero attached hydrogens (tertiary/aromatic N) is 2. The molecule has 0 bridgehead atoms. The molecule has 1 saturated heterocycles. The Morgan fingerprint density at radius 3 is 2.86 bits per heavy atom. The van der Waals surface area contributed by atoms with Gasteiger partial charge in [-0.2, -0.15) is 0 Å². The molecule has 0 aliphatic carbocycles. The SMILES string of the molecule is CC(C)N(CC1CCCNC1)C(=O)c1ccc([N+](=O)[O-])o1. The van der Waals surface area contributed by atoms with Crippen molar-refractivity contribution in [3.63, 3.8) is 0 Å². The molecule has 0 spiro atoms. The van der Waals surface area contributed by atoms with Crippen LogP contribution in [0.5, 0.6) is 0 Å². The van der Waals surface area contributed by atoms with E-state index in [2.05, 4.69) is 5.32 Å². The van der Waals surface area contributed by atoms with Gasteiger partial charge >= 0.3 is 5.88 Å². The molecule has 1 amide bonds. The van der Waals surface area contributed by atoms with E-state index in [1.54, 1.807) is 4.90 Å². The number of rotatable bonds is 5. The fourth-order valence-corrected chi connectivity index (χ4v) is 2.57. The zero-order chi connectivity index (χ0) is 15.4. The summed E-state index contributed by atoms with van der Waals surface area (Å²) in [6.45, 7) is 6.43. The van der Waals surface area contributed by atoms with Crippen molar-refractivity contribution in [3.05, 3.63) is 28.0 Å². The number of nitro groups is 1. The summed E-state index contributed by atoms with van der Waals surface area (Å²) >= 11 is 0. The summed E-state index contributed by atoms with van der Waals surface area (Å²) in [7, 11) is 0. The molecule has 0 saturated carbocycles. The molecule has 116 valence electrons. The van der Waals surface area contributed by atoms with Crippen molar-refractivity contribution >= 4 is 11.8 Å². The molecule has 0 radical (unpaired) electrons. The van der Waals surface area contributed by atoms with E-state index in [1.807, 2.05) is 13.8 Å². The van der Waals surface area contributed by atoms with Crippen molar-refractivity contribution in [2.24, 2.45) is 5.92 Å². The van der Waals surface area contributed by atoms with Gasteiger partial charge in [-0.25, -0.2) is 0 Å². The van der Waals surface area contributed by atoms with E-state index in [4.69, 9.17) is 4.42 Å². The van der Waals surface area contributed by atoms with Gasteiger partial charge in [0, 0.05) is 12.6 Å². The van der Waals surface area contributed by atoms with E-state index < -0.39 is 10.8 Å². The lowest BCUT2D eigenvalue weighted by atomic mass is 9.98.